The molecule has 0 aliphatic heterocycles. The summed E-state index contributed by atoms with van der Waals surface area (Å²) in [6, 6.07) is 8.42. The van der Waals surface area contributed by atoms with E-state index in [0.29, 0.717) is 24.6 Å². The van der Waals surface area contributed by atoms with Crippen molar-refractivity contribution < 1.29 is 9.84 Å². The van der Waals surface area contributed by atoms with Gasteiger partial charge in [-0.1, -0.05) is 32.4 Å². The van der Waals surface area contributed by atoms with E-state index in [1.165, 1.54) is 24.8 Å². The summed E-state index contributed by atoms with van der Waals surface area (Å²) in [7, 11) is 0. The maximum atomic E-state index is 10.0. The third-order valence-corrected chi connectivity index (χ3v) is 4.29. The van der Waals surface area contributed by atoms with Crippen molar-refractivity contribution in [1.82, 2.24) is 5.32 Å². The van der Waals surface area contributed by atoms with Crippen LogP contribution in [0.5, 0.6) is 5.75 Å². The number of hydrogen-bond acceptors (Lipinski definition) is 3. The van der Waals surface area contributed by atoms with Gasteiger partial charge in [-0.15, -0.1) is 0 Å². The maximum absolute atomic E-state index is 10.0. The largest absolute Gasteiger partial charge is 0.491 e. The van der Waals surface area contributed by atoms with Crippen molar-refractivity contribution in [3.05, 3.63) is 29.8 Å². The van der Waals surface area contributed by atoms with Crippen molar-refractivity contribution in [2.24, 2.45) is 5.41 Å². The van der Waals surface area contributed by atoms with Crippen LogP contribution in [0.2, 0.25) is 0 Å². The number of ether oxygens (including phenoxy) is 1. The summed E-state index contributed by atoms with van der Waals surface area (Å²) < 4.78 is 5.63. The van der Waals surface area contributed by atoms with Gasteiger partial charge in [0.05, 0.1) is 0 Å². The Morgan fingerprint density at radius 2 is 2.25 bits per heavy atom. The lowest BCUT2D eigenvalue weighted by Gasteiger charge is -2.28. The van der Waals surface area contributed by atoms with Crippen molar-refractivity contribution >= 4 is 0 Å². The normalized spacial score (nSPS) is 22.7. The minimum absolute atomic E-state index is 0.337. The summed E-state index contributed by atoms with van der Waals surface area (Å²) in [4.78, 5) is 0. The zero-order valence-electron chi connectivity index (χ0n) is 12.9. The van der Waals surface area contributed by atoms with Gasteiger partial charge >= 0.3 is 0 Å². The Kier molecular flexibility index (Phi) is 5.06. The Hall–Kier alpha value is -1.06. The Morgan fingerprint density at radius 1 is 1.45 bits per heavy atom. The van der Waals surface area contributed by atoms with Gasteiger partial charge in [0.1, 0.15) is 18.5 Å². The fourth-order valence-electron chi connectivity index (χ4n) is 2.94. The fraction of sp³-hybridized carbons (Fsp3) is 0.647. The van der Waals surface area contributed by atoms with Crippen LogP contribution in [0.15, 0.2) is 24.3 Å². The van der Waals surface area contributed by atoms with E-state index in [-0.39, 0.29) is 0 Å². The van der Waals surface area contributed by atoms with Gasteiger partial charge in [0.2, 0.25) is 0 Å². The lowest BCUT2D eigenvalue weighted by Crippen LogP contribution is -2.43. The van der Waals surface area contributed by atoms with E-state index in [1.807, 2.05) is 31.2 Å². The van der Waals surface area contributed by atoms with Crippen LogP contribution < -0.4 is 10.1 Å². The zero-order valence-corrected chi connectivity index (χ0v) is 12.9. The monoisotopic (exact) mass is 277 g/mol. The summed E-state index contributed by atoms with van der Waals surface area (Å²) in [6.45, 7) is 7.57. The fourth-order valence-corrected chi connectivity index (χ4v) is 2.94. The van der Waals surface area contributed by atoms with Gasteiger partial charge in [0.25, 0.3) is 0 Å². The molecule has 2 unspecified atom stereocenters. The summed E-state index contributed by atoms with van der Waals surface area (Å²) in [5.74, 6) is 0.824. The third kappa shape index (κ3) is 4.22. The van der Waals surface area contributed by atoms with Gasteiger partial charge in [-0.2, -0.15) is 0 Å². The molecule has 0 spiro atoms. The third-order valence-electron chi connectivity index (χ3n) is 4.29. The van der Waals surface area contributed by atoms with Crippen LogP contribution in [-0.4, -0.2) is 30.4 Å². The summed E-state index contributed by atoms with van der Waals surface area (Å²) >= 11 is 0. The molecular formula is C17H27NO2. The van der Waals surface area contributed by atoms with Crippen molar-refractivity contribution in [3.8, 4) is 5.75 Å². The molecule has 2 N–H and O–H groups in total. The number of aliphatic hydroxyl groups excluding tert-OH is 1. The molecule has 1 aliphatic carbocycles. The molecule has 3 nitrogen and oxygen atoms in total. The number of nitrogens with one attached hydrogen (secondary N) is 1. The predicted molar refractivity (Wildman–Crippen MR) is 82.1 cm³/mol. The van der Waals surface area contributed by atoms with Crippen LogP contribution in [0.3, 0.4) is 0 Å². The molecule has 1 aromatic rings. The SMILES string of the molecule is Cc1cccc(OCC(O)CNC2CCCC2(C)C)c1. The highest BCUT2D eigenvalue weighted by Gasteiger charge is 2.34. The maximum Gasteiger partial charge on any atom is 0.119 e. The van der Waals surface area contributed by atoms with Gasteiger partial charge in [0.15, 0.2) is 0 Å². The highest BCUT2D eigenvalue weighted by molar-refractivity contribution is 5.27. The Labute approximate surface area is 122 Å². The van der Waals surface area contributed by atoms with Crippen molar-refractivity contribution in [2.75, 3.05) is 13.2 Å². The molecule has 3 heteroatoms. The number of hydrogen-bond donors (Lipinski definition) is 2. The number of benzene rings is 1. The first kappa shape index (κ1) is 15.3. The van der Waals surface area contributed by atoms with Crippen molar-refractivity contribution in [1.29, 1.82) is 0 Å². The molecule has 0 heterocycles. The van der Waals surface area contributed by atoms with Crippen LogP contribution in [0.1, 0.15) is 38.7 Å². The average molecular weight is 277 g/mol. The second kappa shape index (κ2) is 6.59. The number of rotatable bonds is 6. The molecule has 1 saturated carbocycles. The van der Waals surface area contributed by atoms with Gasteiger partial charge in [0, 0.05) is 12.6 Å². The average Bonchev–Trinajstić information content (AvgIpc) is 2.73. The van der Waals surface area contributed by atoms with Gasteiger partial charge in [-0.3, -0.25) is 0 Å². The lowest BCUT2D eigenvalue weighted by molar-refractivity contribution is 0.0985. The molecule has 0 saturated heterocycles. The van der Waals surface area contributed by atoms with Crippen molar-refractivity contribution in [2.45, 2.75) is 52.2 Å². The molecule has 0 bridgehead atoms. The van der Waals surface area contributed by atoms with E-state index >= 15 is 0 Å². The number of aryl methyl sites for hydroxylation is 1. The second-order valence-electron chi connectivity index (χ2n) is 6.62. The predicted octanol–water partition coefficient (Wildman–Crippen LogP) is 2.90. The zero-order chi connectivity index (χ0) is 14.6. The van der Waals surface area contributed by atoms with Crippen LogP contribution in [0.25, 0.3) is 0 Å². The van der Waals surface area contributed by atoms with E-state index in [9.17, 15) is 5.11 Å². The molecular weight excluding hydrogens is 250 g/mol. The molecule has 1 aliphatic rings. The molecule has 2 rings (SSSR count). The Bertz CT molecular complexity index is 431. The molecule has 20 heavy (non-hydrogen) atoms. The van der Waals surface area contributed by atoms with Gasteiger partial charge in [-0.25, -0.2) is 0 Å². The minimum Gasteiger partial charge on any atom is -0.491 e. The smallest absolute Gasteiger partial charge is 0.119 e. The van der Waals surface area contributed by atoms with Crippen LogP contribution in [-0.2, 0) is 0 Å². The molecule has 0 amide bonds. The van der Waals surface area contributed by atoms with E-state index in [2.05, 4.69) is 19.2 Å². The standard InChI is InChI=1S/C17H27NO2/c1-13-6-4-7-15(10-13)20-12-14(19)11-18-16-8-5-9-17(16,2)3/h4,6-7,10,14,16,18-19H,5,8-9,11-12H2,1-3H3. The van der Waals surface area contributed by atoms with E-state index in [0.717, 1.165) is 5.75 Å². The van der Waals surface area contributed by atoms with Crippen LogP contribution in [0, 0.1) is 12.3 Å². The number of aliphatic hydroxyl groups is 1. The molecule has 0 radical (unpaired) electrons. The molecule has 112 valence electrons. The van der Waals surface area contributed by atoms with Crippen LogP contribution >= 0.6 is 0 Å². The molecule has 0 aromatic heterocycles. The minimum atomic E-state index is -0.466. The molecule has 2 atom stereocenters. The van der Waals surface area contributed by atoms with E-state index in [1.54, 1.807) is 0 Å². The van der Waals surface area contributed by atoms with E-state index in [4.69, 9.17) is 4.74 Å². The summed E-state index contributed by atoms with van der Waals surface area (Å²) in [5, 5.41) is 13.5. The Morgan fingerprint density at radius 3 is 2.90 bits per heavy atom. The molecule has 1 aromatic carbocycles. The first-order chi connectivity index (χ1) is 9.47. The first-order valence-electron chi connectivity index (χ1n) is 7.58. The van der Waals surface area contributed by atoms with Crippen molar-refractivity contribution in [3.63, 3.8) is 0 Å². The first-order valence-corrected chi connectivity index (χ1v) is 7.58. The summed E-state index contributed by atoms with van der Waals surface area (Å²) in [6.07, 6.45) is 3.28. The van der Waals surface area contributed by atoms with Gasteiger partial charge < -0.3 is 15.2 Å². The second-order valence-corrected chi connectivity index (χ2v) is 6.62. The lowest BCUT2D eigenvalue weighted by atomic mass is 9.87. The highest BCUT2D eigenvalue weighted by Crippen LogP contribution is 2.37. The molecule has 1 fully saturated rings. The van der Waals surface area contributed by atoms with E-state index < -0.39 is 6.10 Å². The summed E-state index contributed by atoms with van der Waals surface area (Å²) in [5.41, 5.74) is 1.51. The van der Waals surface area contributed by atoms with Crippen LogP contribution in [0.4, 0.5) is 0 Å². The highest BCUT2D eigenvalue weighted by atomic mass is 16.5. The quantitative estimate of drug-likeness (QED) is 0.840. The Balaban J connectivity index is 1.72. The topological polar surface area (TPSA) is 41.5 Å². The van der Waals surface area contributed by atoms with Gasteiger partial charge in [-0.05, 0) is 42.9 Å².